The van der Waals surface area contributed by atoms with Crippen molar-refractivity contribution in [3.8, 4) is 0 Å². The van der Waals surface area contributed by atoms with Crippen molar-refractivity contribution >= 4 is 29.5 Å². The lowest BCUT2D eigenvalue weighted by Gasteiger charge is -2.41. The first-order valence-electron chi connectivity index (χ1n) is 10.0. The molecular weight excluding hydrogens is 394 g/mol. The Morgan fingerprint density at radius 3 is 2.20 bits per heavy atom. The maximum Gasteiger partial charge on any atom is 0.239 e. The van der Waals surface area contributed by atoms with Crippen LogP contribution >= 0.6 is 0 Å². The zero-order chi connectivity index (χ0) is 22.3. The zero-order valence-corrected chi connectivity index (χ0v) is 17.7. The Hall–Kier alpha value is -2.69. The van der Waals surface area contributed by atoms with Crippen molar-refractivity contribution in [1.82, 2.24) is 26.2 Å². The highest BCUT2D eigenvalue weighted by Crippen LogP contribution is 2.22. The molecule has 2 aliphatic heterocycles. The van der Waals surface area contributed by atoms with Crippen LogP contribution in [0, 0.1) is 5.41 Å². The summed E-state index contributed by atoms with van der Waals surface area (Å²) in [5.74, 6) is -1.92. The van der Waals surface area contributed by atoms with Crippen molar-refractivity contribution in [2.75, 3.05) is 39.9 Å². The third-order valence-electron chi connectivity index (χ3n) is 5.27. The minimum atomic E-state index is -0.903. The van der Waals surface area contributed by atoms with Crippen molar-refractivity contribution in [3.05, 3.63) is 0 Å². The van der Waals surface area contributed by atoms with E-state index in [9.17, 15) is 24.0 Å². The highest BCUT2D eigenvalue weighted by molar-refractivity contribution is 5.90. The van der Waals surface area contributed by atoms with Crippen LogP contribution in [-0.4, -0.2) is 86.4 Å². The summed E-state index contributed by atoms with van der Waals surface area (Å²) >= 11 is 0. The van der Waals surface area contributed by atoms with Gasteiger partial charge >= 0.3 is 0 Å². The number of amides is 5. The van der Waals surface area contributed by atoms with E-state index in [4.69, 9.17) is 4.74 Å². The summed E-state index contributed by atoms with van der Waals surface area (Å²) in [6.45, 7) is 3.69. The fraction of sp³-hybridized carbons (Fsp3) is 0.737. The molecule has 0 radical (unpaired) electrons. The van der Waals surface area contributed by atoms with Crippen molar-refractivity contribution < 1.29 is 28.7 Å². The van der Waals surface area contributed by atoms with Crippen LogP contribution in [0.3, 0.4) is 0 Å². The summed E-state index contributed by atoms with van der Waals surface area (Å²) in [5.41, 5.74) is -0.903. The molecule has 0 aromatic carbocycles. The van der Waals surface area contributed by atoms with Gasteiger partial charge in [0.15, 0.2) is 0 Å². The average Bonchev–Trinajstić information content (AvgIpc) is 2.72. The Bertz CT molecular complexity index is 695. The third-order valence-corrected chi connectivity index (χ3v) is 5.27. The first kappa shape index (κ1) is 23.6. The predicted molar refractivity (Wildman–Crippen MR) is 106 cm³/mol. The standard InChI is InChI=1S/C19H31N5O6/c1-19(2)11-22-17(28)9-21-16(27)8-20-14(25)4-5-15(26)23-12-6-7-30-10-13(12)24(3)18(19)29/h12-13H,4-11H2,1-3H3,(H,20,25)(H,21,27)(H,22,28)(H,23,26). The second kappa shape index (κ2) is 10.4. The maximum atomic E-state index is 13.1. The summed E-state index contributed by atoms with van der Waals surface area (Å²) in [6.07, 6.45) is 0.427. The molecule has 0 aliphatic carbocycles. The molecule has 168 valence electrons. The normalized spacial score (nSPS) is 27.6. The van der Waals surface area contributed by atoms with Crippen molar-refractivity contribution in [2.45, 2.75) is 45.2 Å². The lowest BCUT2D eigenvalue weighted by atomic mass is 9.89. The minimum Gasteiger partial charge on any atom is -0.379 e. The summed E-state index contributed by atoms with van der Waals surface area (Å²) in [6, 6.07) is -0.671. The lowest BCUT2D eigenvalue weighted by molar-refractivity contribution is -0.145. The molecule has 2 fully saturated rings. The highest BCUT2D eigenvalue weighted by atomic mass is 16.5. The molecule has 0 bridgehead atoms. The molecule has 11 heteroatoms. The number of hydrogen-bond donors (Lipinski definition) is 4. The van der Waals surface area contributed by atoms with Gasteiger partial charge in [0, 0.05) is 33.0 Å². The van der Waals surface area contributed by atoms with E-state index in [-0.39, 0.29) is 63.0 Å². The maximum absolute atomic E-state index is 13.1. The second-order valence-electron chi connectivity index (χ2n) is 8.24. The van der Waals surface area contributed by atoms with Crippen molar-refractivity contribution in [2.24, 2.45) is 5.41 Å². The van der Waals surface area contributed by atoms with Gasteiger partial charge in [0.1, 0.15) is 0 Å². The summed E-state index contributed by atoms with van der Waals surface area (Å²) in [4.78, 5) is 62.6. The van der Waals surface area contributed by atoms with Crippen LogP contribution in [0.4, 0.5) is 0 Å². The van der Waals surface area contributed by atoms with Crippen LogP contribution in [0.5, 0.6) is 0 Å². The molecule has 0 saturated carbocycles. The van der Waals surface area contributed by atoms with Crippen LogP contribution in [0.15, 0.2) is 0 Å². The van der Waals surface area contributed by atoms with Crippen LogP contribution in [0.2, 0.25) is 0 Å². The molecule has 30 heavy (non-hydrogen) atoms. The topological polar surface area (TPSA) is 146 Å². The van der Waals surface area contributed by atoms with E-state index in [2.05, 4.69) is 21.3 Å². The van der Waals surface area contributed by atoms with Crippen LogP contribution in [0.1, 0.15) is 33.1 Å². The Balaban J connectivity index is 2.16. The Morgan fingerprint density at radius 2 is 1.50 bits per heavy atom. The van der Waals surface area contributed by atoms with Crippen LogP contribution in [0.25, 0.3) is 0 Å². The molecule has 2 atom stereocenters. The summed E-state index contributed by atoms with van der Waals surface area (Å²) in [7, 11) is 1.65. The minimum absolute atomic E-state index is 0.0386. The van der Waals surface area contributed by atoms with E-state index >= 15 is 0 Å². The van der Waals surface area contributed by atoms with Gasteiger partial charge in [0.25, 0.3) is 0 Å². The van der Waals surface area contributed by atoms with Gasteiger partial charge in [-0.1, -0.05) is 0 Å². The molecule has 2 saturated heterocycles. The molecule has 5 amide bonds. The zero-order valence-electron chi connectivity index (χ0n) is 17.7. The fourth-order valence-corrected chi connectivity index (χ4v) is 3.37. The van der Waals surface area contributed by atoms with Gasteiger partial charge in [0.2, 0.25) is 29.5 Å². The lowest BCUT2D eigenvalue weighted by Crippen LogP contribution is -2.59. The average molecular weight is 425 g/mol. The predicted octanol–water partition coefficient (Wildman–Crippen LogP) is -2.11. The van der Waals surface area contributed by atoms with E-state index in [0.717, 1.165) is 0 Å². The van der Waals surface area contributed by atoms with E-state index in [1.165, 1.54) is 0 Å². The molecule has 11 nitrogen and oxygen atoms in total. The number of hydrogen-bond acceptors (Lipinski definition) is 6. The van der Waals surface area contributed by atoms with Crippen molar-refractivity contribution in [3.63, 3.8) is 0 Å². The molecular formula is C19H31N5O6. The number of ether oxygens (including phenoxy) is 1. The third kappa shape index (κ3) is 6.68. The summed E-state index contributed by atoms with van der Waals surface area (Å²) in [5, 5.41) is 10.4. The van der Waals surface area contributed by atoms with E-state index in [1.54, 1.807) is 25.8 Å². The largest absolute Gasteiger partial charge is 0.379 e. The quantitative estimate of drug-likeness (QED) is 0.349. The molecule has 2 unspecified atom stereocenters. The Labute approximate surface area is 175 Å². The summed E-state index contributed by atoms with van der Waals surface area (Å²) < 4.78 is 5.52. The molecule has 0 aromatic heterocycles. The van der Waals surface area contributed by atoms with Gasteiger partial charge in [0.05, 0.1) is 37.2 Å². The van der Waals surface area contributed by atoms with Gasteiger partial charge in [-0.25, -0.2) is 0 Å². The van der Waals surface area contributed by atoms with Gasteiger partial charge in [-0.3, -0.25) is 24.0 Å². The van der Waals surface area contributed by atoms with Gasteiger partial charge < -0.3 is 30.9 Å². The molecule has 4 N–H and O–H groups in total. The van der Waals surface area contributed by atoms with Crippen LogP contribution < -0.4 is 21.3 Å². The molecule has 0 spiro atoms. The number of rotatable bonds is 0. The number of nitrogens with zero attached hydrogens (tertiary/aromatic N) is 1. The number of fused-ring (bicyclic) bond motifs is 1. The molecule has 2 aliphatic rings. The number of likely N-dealkylation sites (N-methyl/N-ethyl adjacent to an activating group) is 1. The van der Waals surface area contributed by atoms with Gasteiger partial charge in [-0.2, -0.15) is 0 Å². The van der Waals surface area contributed by atoms with Crippen molar-refractivity contribution in [1.29, 1.82) is 0 Å². The monoisotopic (exact) mass is 425 g/mol. The van der Waals surface area contributed by atoms with E-state index in [1.807, 2.05) is 0 Å². The van der Waals surface area contributed by atoms with Gasteiger partial charge in [-0.05, 0) is 20.3 Å². The first-order chi connectivity index (χ1) is 14.1. The number of carbonyl (C=O) groups is 5. The second-order valence-corrected chi connectivity index (χ2v) is 8.24. The van der Waals surface area contributed by atoms with E-state index < -0.39 is 23.1 Å². The molecule has 2 rings (SSSR count). The molecule has 0 aromatic rings. The highest BCUT2D eigenvalue weighted by Gasteiger charge is 2.38. The molecule has 2 heterocycles. The number of nitrogens with one attached hydrogen (secondary N) is 4. The van der Waals surface area contributed by atoms with E-state index in [0.29, 0.717) is 13.0 Å². The number of carbonyl (C=O) groups excluding carboxylic acids is 5. The fourth-order valence-electron chi connectivity index (χ4n) is 3.37. The van der Waals surface area contributed by atoms with Crippen LogP contribution in [-0.2, 0) is 28.7 Å². The first-order valence-corrected chi connectivity index (χ1v) is 10.0. The Morgan fingerprint density at radius 1 is 0.900 bits per heavy atom. The smallest absolute Gasteiger partial charge is 0.239 e. The van der Waals surface area contributed by atoms with Gasteiger partial charge in [-0.15, -0.1) is 0 Å². The SMILES string of the molecule is CN1C(=O)C(C)(C)CNC(=O)CNC(=O)CNC(=O)CCC(=O)NC2CCOCC21. The Kier molecular flexibility index (Phi) is 8.16.